The smallest absolute Gasteiger partial charge is 0.251 e. The van der Waals surface area contributed by atoms with Gasteiger partial charge in [-0.15, -0.1) is 0 Å². The molecule has 1 atom stereocenters. The largest absolute Gasteiger partial charge is 0.494 e. The lowest BCUT2D eigenvalue weighted by Gasteiger charge is -2.15. The van der Waals surface area contributed by atoms with Crippen LogP contribution in [0.4, 0.5) is 4.39 Å². The van der Waals surface area contributed by atoms with E-state index in [0.717, 1.165) is 10.0 Å². The van der Waals surface area contributed by atoms with E-state index in [-0.39, 0.29) is 17.7 Å². The van der Waals surface area contributed by atoms with Crippen LogP contribution in [0.1, 0.15) is 28.9 Å². The summed E-state index contributed by atoms with van der Waals surface area (Å²) in [6.07, 6.45) is 0. The van der Waals surface area contributed by atoms with E-state index in [1.165, 1.54) is 25.3 Å². The van der Waals surface area contributed by atoms with Crippen LogP contribution in [0.25, 0.3) is 0 Å². The summed E-state index contributed by atoms with van der Waals surface area (Å²) in [5, 5.41) is 2.87. The number of methoxy groups -OCH3 is 1. The van der Waals surface area contributed by atoms with Gasteiger partial charge in [-0.1, -0.05) is 28.1 Å². The Morgan fingerprint density at radius 1 is 1.29 bits per heavy atom. The minimum atomic E-state index is -0.492. The van der Waals surface area contributed by atoms with Crippen molar-refractivity contribution in [1.29, 1.82) is 0 Å². The third kappa shape index (κ3) is 3.82. The monoisotopic (exact) mass is 351 g/mol. The minimum absolute atomic E-state index is 0.0535. The summed E-state index contributed by atoms with van der Waals surface area (Å²) in [6.45, 7) is 1.89. The number of halogens is 2. The van der Waals surface area contributed by atoms with Gasteiger partial charge in [-0.25, -0.2) is 4.39 Å². The first-order chi connectivity index (χ1) is 10.0. The molecule has 0 saturated heterocycles. The SMILES string of the molecule is COc1cc(C(=O)NC(C)c2cccc(Br)c2)ccc1F. The Morgan fingerprint density at radius 3 is 2.71 bits per heavy atom. The highest BCUT2D eigenvalue weighted by molar-refractivity contribution is 9.10. The zero-order valence-electron chi connectivity index (χ0n) is 11.7. The molecule has 2 aromatic rings. The van der Waals surface area contributed by atoms with Crippen LogP contribution in [0.5, 0.6) is 5.75 Å². The van der Waals surface area contributed by atoms with E-state index in [9.17, 15) is 9.18 Å². The van der Waals surface area contributed by atoms with Crippen molar-refractivity contribution in [2.24, 2.45) is 0 Å². The predicted molar refractivity (Wildman–Crippen MR) is 83.0 cm³/mol. The van der Waals surface area contributed by atoms with Crippen LogP contribution in [0, 0.1) is 5.82 Å². The molecule has 0 radical (unpaired) electrons. The standard InChI is InChI=1S/C16H15BrFNO2/c1-10(11-4-3-5-13(17)8-11)19-16(20)12-6-7-14(18)15(9-12)21-2/h3-10H,1-2H3,(H,19,20). The normalized spacial score (nSPS) is 11.8. The fourth-order valence-electron chi connectivity index (χ4n) is 1.94. The Kier molecular flexibility index (Phi) is 4.96. The van der Waals surface area contributed by atoms with Crippen molar-refractivity contribution in [2.75, 3.05) is 7.11 Å². The van der Waals surface area contributed by atoms with Crippen LogP contribution in [0.2, 0.25) is 0 Å². The van der Waals surface area contributed by atoms with E-state index < -0.39 is 5.82 Å². The highest BCUT2D eigenvalue weighted by Crippen LogP contribution is 2.20. The highest BCUT2D eigenvalue weighted by Gasteiger charge is 2.14. The number of carbonyl (C=O) groups excluding carboxylic acids is 1. The Balaban J connectivity index is 2.14. The first-order valence-electron chi connectivity index (χ1n) is 6.41. The topological polar surface area (TPSA) is 38.3 Å². The summed E-state index contributed by atoms with van der Waals surface area (Å²) in [6, 6.07) is 11.6. The van der Waals surface area contributed by atoms with Gasteiger partial charge in [0.15, 0.2) is 11.6 Å². The molecule has 0 fully saturated rings. The zero-order valence-corrected chi connectivity index (χ0v) is 13.3. The quantitative estimate of drug-likeness (QED) is 0.900. The molecule has 0 aliphatic carbocycles. The average molecular weight is 352 g/mol. The maximum absolute atomic E-state index is 13.3. The van der Waals surface area contributed by atoms with Crippen molar-refractivity contribution in [2.45, 2.75) is 13.0 Å². The average Bonchev–Trinajstić information content (AvgIpc) is 2.47. The molecule has 0 saturated carbocycles. The third-order valence-electron chi connectivity index (χ3n) is 3.11. The number of amides is 1. The number of carbonyl (C=O) groups is 1. The molecule has 0 heterocycles. The molecule has 5 heteroatoms. The second kappa shape index (κ2) is 6.72. The Hall–Kier alpha value is -1.88. The van der Waals surface area contributed by atoms with E-state index in [4.69, 9.17) is 4.74 Å². The molecular weight excluding hydrogens is 337 g/mol. The van der Waals surface area contributed by atoms with Crippen LogP contribution in [0.3, 0.4) is 0 Å². The van der Waals surface area contributed by atoms with E-state index in [1.54, 1.807) is 0 Å². The van der Waals surface area contributed by atoms with Crippen LogP contribution >= 0.6 is 15.9 Å². The van der Waals surface area contributed by atoms with E-state index in [0.29, 0.717) is 5.56 Å². The van der Waals surface area contributed by atoms with Gasteiger partial charge in [-0.2, -0.15) is 0 Å². The van der Waals surface area contributed by atoms with Crippen molar-refractivity contribution >= 4 is 21.8 Å². The summed E-state index contributed by atoms with van der Waals surface area (Å²) in [5.41, 5.74) is 1.34. The van der Waals surface area contributed by atoms with Gasteiger partial charge in [0.2, 0.25) is 0 Å². The fraction of sp³-hybridized carbons (Fsp3) is 0.188. The maximum atomic E-state index is 13.3. The summed E-state index contributed by atoms with van der Waals surface area (Å²) < 4.78 is 19.2. The van der Waals surface area contributed by atoms with Crippen LogP contribution in [0.15, 0.2) is 46.9 Å². The predicted octanol–water partition coefficient (Wildman–Crippen LogP) is 4.09. The molecule has 1 amide bonds. The van der Waals surface area contributed by atoms with Crippen molar-refractivity contribution < 1.29 is 13.9 Å². The number of rotatable bonds is 4. The first kappa shape index (κ1) is 15.5. The van der Waals surface area contributed by atoms with Gasteiger partial charge < -0.3 is 10.1 Å². The summed E-state index contributed by atoms with van der Waals surface area (Å²) in [5.74, 6) is -0.715. The van der Waals surface area contributed by atoms with Crippen LogP contribution in [-0.4, -0.2) is 13.0 Å². The van der Waals surface area contributed by atoms with Crippen molar-refractivity contribution in [3.05, 3.63) is 63.9 Å². The number of ether oxygens (including phenoxy) is 1. The van der Waals surface area contributed by atoms with Crippen molar-refractivity contribution in [3.63, 3.8) is 0 Å². The number of hydrogen-bond donors (Lipinski definition) is 1. The number of benzene rings is 2. The lowest BCUT2D eigenvalue weighted by atomic mass is 10.1. The molecular formula is C16H15BrFNO2. The van der Waals surface area contributed by atoms with Gasteiger partial charge in [-0.3, -0.25) is 4.79 Å². The molecule has 110 valence electrons. The fourth-order valence-corrected chi connectivity index (χ4v) is 2.36. The van der Waals surface area contributed by atoms with E-state index >= 15 is 0 Å². The first-order valence-corrected chi connectivity index (χ1v) is 7.20. The molecule has 2 rings (SSSR count). The molecule has 0 aromatic heterocycles. The molecule has 0 aliphatic rings. The minimum Gasteiger partial charge on any atom is -0.494 e. The third-order valence-corrected chi connectivity index (χ3v) is 3.60. The van der Waals surface area contributed by atoms with Gasteiger partial charge in [0.1, 0.15) is 0 Å². The van der Waals surface area contributed by atoms with Crippen LogP contribution < -0.4 is 10.1 Å². The van der Waals surface area contributed by atoms with Crippen molar-refractivity contribution in [3.8, 4) is 5.75 Å². The van der Waals surface area contributed by atoms with E-state index in [2.05, 4.69) is 21.2 Å². The molecule has 1 unspecified atom stereocenters. The lowest BCUT2D eigenvalue weighted by Crippen LogP contribution is -2.26. The Labute approximate surface area is 131 Å². The molecule has 0 aliphatic heterocycles. The number of nitrogens with one attached hydrogen (secondary N) is 1. The van der Waals surface area contributed by atoms with Gasteiger partial charge >= 0.3 is 0 Å². The van der Waals surface area contributed by atoms with Crippen molar-refractivity contribution in [1.82, 2.24) is 5.32 Å². The van der Waals surface area contributed by atoms with Gasteiger partial charge in [0.25, 0.3) is 5.91 Å². The summed E-state index contributed by atoms with van der Waals surface area (Å²) in [4.78, 5) is 12.2. The summed E-state index contributed by atoms with van der Waals surface area (Å²) in [7, 11) is 1.37. The summed E-state index contributed by atoms with van der Waals surface area (Å²) >= 11 is 3.40. The Morgan fingerprint density at radius 2 is 2.05 bits per heavy atom. The van der Waals surface area contributed by atoms with Gasteiger partial charge in [0.05, 0.1) is 13.2 Å². The molecule has 21 heavy (non-hydrogen) atoms. The molecule has 0 bridgehead atoms. The second-order valence-corrected chi connectivity index (χ2v) is 5.52. The zero-order chi connectivity index (χ0) is 15.4. The maximum Gasteiger partial charge on any atom is 0.251 e. The van der Waals surface area contributed by atoms with E-state index in [1.807, 2.05) is 31.2 Å². The highest BCUT2D eigenvalue weighted by atomic mass is 79.9. The van der Waals surface area contributed by atoms with Crippen LogP contribution in [-0.2, 0) is 0 Å². The molecule has 0 spiro atoms. The molecule has 2 aromatic carbocycles. The number of hydrogen-bond acceptors (Lipinski definition) is 2. The Bertz CT molecular complexity index is 660. The van der Waals surface area contributed by atoms with Gasteiger partial charge in [0, 0.05) is 10.0 Å². The second-order valence-electron chi connectivity index (χ2n) is 4.60. The molecule has 3 nitrogen and oxygen atoms in total. The molecule has 1 N–H and O–H groups in total. The lowest BCUT2D eigenvalue weighted by molar-refractivity contribution is 0.0939. The van der Waals surface area contributed by atoms with Gasteiger partial charge in [-0.05, 0) is 42.8 Å².